The Balaban J connectivity index is 2.22. The number of hydrogen-bond donors (Lipinski definition) is 3. The Labute approximate surface area is 138 Å². The van der Waals surface area contributed by atoms with Gasteiger partial charge in [-0.2, -0.15) is 8.42 Å². The van der Waals surface area contributed by atoms with Crippen molar-refractivity contribution in [2.24, 2.45) is 0 Å². The molecule has 0 aliphatic carbocycles. The molecule has 3 N–H and O–H groups in total. The van der Waals surface area contributed by atoms with Crippen molar-refractivity contribution in [1.29, 1.82) is 0 Å². The Morgan fingerprint density at radius 2 is 1.62 bits per heavy atom. The Morgan fingerprint density at radius 1 is 1.00 bits per heavy atom. The molecule has 0 radical (unpaired) electrons. The van der Waals surface area contributed by atoms with Gasteiger partial charge in [-0.3, -0.25) is 9.35 Å². The van der Waals surface area contributed by atoms with Crippen LogP contribution in [0.5, 0.6) is 0 Å². The van der Waals surface area contributed by atoms with Crippen LogP contribution in [-0.4, -0.2) is 41.7 Å². The van der Waals surface area contributed by atoms with Gasteiger partial charge < -0.3 is 10.4 Å². The summed E-state index contributed by atoms with van der Waals surface area (Å²) in [7, 11) is -4.54. The molecular formula is C16H15NO6S. The number of nitrogens with one attached hydrogen (secondary N) is 1. The lowest BCUT2D eigenvalue weighted by Gasteiger charge is -2.13. The highest BCUT2D eigenvalue weighted by molar-refractivity contribution is 7.85. The van der Waals surface area contributed by atoms with E-state index < -0.39 is 33.8 Å². The minimum absolute atomic E-state index is 0.179. The highest BCUT2D eigenvalue weighted by Gasteiger charge is 2.26. The number of rotatable bonds is 6. The normalized spacial score (nSPS) is 12.4. The molecule has 0 spiro atoms. The van der Waals surface area contributed by atoms with Crippen molar-refractivity contribution < 1.29 is 27.7 Å². The quantitative estimate of drug-likeness (QED) is 0.678. The van der Waals surface area contributed by atoms with Crippen LogP contribution in [0, 0.1) is 0 Å². The van der Waals surface area contributed by atoms with Crippen LogP contribution in [0.2, 0.25) is 0 Å². The van der Waals surface area contributed by atoms with E-state index in [1.54, 1.807) is 18.2 Å². The van der Waals surface area contributed by atoms with Crippen molar-refractivity contribution in [3.63, 3.8) is 0 Å². The Hall–Kier alpha value is -2.71. The number of benzene rings is 2. The van der Waals surface area contributed by atoms with Crippen LogP contribution in [-0.2, 0) is 14.9 Å². The van der Waals surface area contributed by atoms with Gasteiger partial charge in [-0.1, -0.05) is 42.5 Å². The monoisotopic (exact) mass is 349 g/mol. The molecule has 0 saturated heterocycles. The lowest BCUT2D eigenvalue weighted by Crippen LogP contribution is -2.45. The Bertz CT molecular complexity index is 848. The van der Waals surface area contributed by atoms with Gasteiger partial charge in [0.05, 0.1) is 0 Å². The summed E-state index contributed by atoms with van der Waals surface area (Å²) >= 11 is 0. The highest BCUT2D eigenvalue weighted by atomic mass is 32.2. The van der Waals surface area contributed by atoms with E-state index in [2.05, 4.69) is 5.32 Å². The summed E-state index contributed by atoms with van der Waals surface area (Å²) in [5, 5.41) is 11.1. The van der Waals surface area contributed by atoms with Crippen LogP contribution >= 0.6 is 0 Å². The number of carbonyl (C=O) groups excluding carboxylic acids is 1. The first-order valence-corrected chi connectivity index (χ1v) is 8.51. The summed E-state index contributed by atoms with van der Waals surface area (Å²) in [6.45, 7) is 0. The van der Waals surface area contributed by atoms with E-state index in [0.29, 0.717) is 0 Å². The molecule has 0 aliphatic heterocycles. The fourth-order valence-corrected chi connectivity index (χ4v) is 2.74. The van der Waals surface area contributed by atoms with Gasteiger partial charge in [0.15, 0.2) is 0 Å². The first-order valence-electron chi connectivity index (χ1n) is 6.90. The first-order chi connectivity index (χ1) is 11.3. The number of carbonyl (C=O) groups is 2. The molecule has 0 aliphatic rings. The van der Waals surface area contributed by atoms with E-state index >= 15 is 0 Å². The third-order valence-corrected chi connectivity index (χ3v) is 3.97. The van der Waals surface area contributed by atoms with Crippen molar-refractivity contribution >= 4 is 22.0 Å². The van der Waals surface area contributed by atoms with Crippen molar-refractivity contribution in [2.75, 3.05) is 5.75 Å². The van der Waals surface area contributed by atoms with E-state index in [1.807, 2.05) is 30.3 Å². The molecule has 1 amide bonds. The van der Waals surface area contributed by atoms with E-state index in [1.165, 1.54) is 6.07 Å². The third-order valence-electron chi connectivity index (χ3n) is 3.21. The second-order valence-electron chi connectivity index (χ2n) is 5.06. The summed E-state index contributed by atoms with van der Waals surface area (Å²) in [6.07, 6.45) is 0. The summed E-state index contributed by atoms with van der Waals surface area (Å²) in [5.41, 5.74) is 1.81. The molecule has 24 heavy (non-hydrogen) atoms. The summed E-state index contributed by atoms with van der Waals surface area (Å²) in [5.74, 6) is -3.41. The molecule has 0 heterocycles. The average molecular weight is 349 g/mol. The van der Waals surface area contributed by atoms with Crippen molar-refractivity contribution in [1.82, 2.24) is 5.32 Å². The zero-order valence-electron chi connectivity index (χ0n) is 12.4. The molecule has 1 atom stereocenters. The van der Waals surface area contributed by atoms with Gasteiger partial charge in [-0.25, -0.2) is 4.79 Å². The minimum Gasteiger partial charge on any atom is -0.480 e. The van der Waals surface area contributed by atoms with Crippen LogP contribution in [0.1, 0.15) is 10.4 Å². The maximum Gasteiger partial charge on any atom is 0.327 e. The highest BCUT2D eigenvalue weighted by Crippen LogP contribution is 2.20. The second kappa shape index (κ2) is 7.24. The number of carboxylic acids is 1. The van der Waals surface area contributed by atoms with Gasteiger partial charge in [0, 0.05) is 5.56 Å². The van der Waals surface area contributed by atoms with Gasteiger partial charge in [-0.15, -0.1) is 0 Å². The van der Waals surface area contributed by atoms with E-state index in [4.69, 9.17) is 9.66 Å². The molecule has 2 aromatic rings. The number of amides is 1. The molecule has 2 aromatic carbocycles. The SMILES string of the molecule is O=C(N[C@@H](CS(=O)(=O)O)C(=O)O)c1cccc(-c2ccccc2)c1. The van der Waals surface area contributed by atoms with Crippen LogP contribution < -0.4 is 5.32 Å². The molecule has 8 heteroatoms. The predicted molar refractivity (Wildman–Crippen MR) is 87.2 cm³/mol. The van der Waals surface area contributed by atoms with Gasteiger partial charge in [0.1, 0.15) is 11.8 Å². The van der Waals surface area contributed by atoms with Crippen LogP contribution in [0.3, 0.4) is 0 Å². The van der Waals surface area contributed by atoms with E-state index in [0.717, 1.165) is 11.1 Å². The Morgan fingerprint density at radius 3 is 2.21 bits per heavy atom. The molecule has 0 fully saturated rings. The van der Waals surface area contributed by atoms with Crippen molar-refractivity contribution in [2.45, 2.75) is 6.04 Å². The molecule has 2 rings (SSSR count). The fraction of sp³-hybridized carbons (Fsp3) is 0.125. The molecule has 0 unspecified atom stereocenters. The Kier molecular flexibility index (Phi) is 5.32. The molecule has 0 bridgehead atoms. The largest absolute Gasteiger partial charge is 0.480 e. The number of aliphatic carboxylic acids is 1. The van der Waals surface area contributed by atoms with Crippen LogP contribution in [0.4, 0.5) is 0 Å². The third kappa shape index (κ3) is 4.90. The smallest absolute Gasteiger partial charge is 0.327 e. The summed E-state index contributed by atoms with van der Waals surface area (Å²) < 4.78 is 30.5. The lowest BCUT2D eigenvalue weighted by atomic mass is 10.0. The zero-order valence-corrected chi connectivity index (χ0v) is 13.2. The summed E-state index contributed by atoms with van der Waals surface area (Å²) in [6, 6.07) is 14.0. The van der Waals surface area contributed by atoms with E-state index in [9.17, 15) is 18.0 Å². The lowest BCUT2D eigenvalue weighted by molar-refractivity contribution is -0.138. The molecule has 0 saturated carbocycles. The van der Waals surface area contributed by atoms with Gasteiger partial charge >= 0.3 is 5.97 Å². The molecule has 126 valence electrons. The van der Waals surface area contributed by atoms with E-state index in [-0.39, 0.29) is 5.56 Å². The van der Waals surface area contributed by atoms with Crippen LogP contribution in [0.25, 0.3) is 11.1 Å². The number of carboxylic acid groups (broad SMARTS) is 1. The van der Waals surface area contributed by atoms with Crippen LogP contribution in [0.15, 0.2) is 54.6 Å². The predicted octanol–water partition coefficient (Wildman–Crippen LogP) is 1.42. The van der Waals surface area contributed by atoms with Gasteiger partial charge in [-0.05, 0) is 23.3 Å². The zero-order chi connectivity index (χ0) is 17.7. The maximum atomic E-state index is 12.2. The topological polar surface area (TPSA) is 121 Å². The standard InChI is InChI=1S/C16H15NO6S/c18-15(17-14(16(19)20)10-24(21,22)23)13-8-4-7-12(9-13)11-5-2-1-3-6-11/h1-9,14H,10H2,(H,17,18)(H,19,20)(H,21,22,23)/t14-/m0/s1. The average Bonchev–Trinajstić information content (AvgIpc) is 2.54. The molecule has 0 aromatic heterocycles. The second-order valence-corrected chi connectivity index (χ2v) is 6.56. The fourth-order valence-electron chi connectivity index (χ4n) is 2.10. The van der Waals surface area contributed by atoms with Gasteiger partial charge in [0.2, 0.25) is 0 Å². The number of hydrogen-bond acceptors (Lipinski definition) is 4. The van der Waals surface area contributed by atoms with Crippen molar-refractivity contribution in [3.8, 4) is 11.1 Å². The minimum atomic E-state index is -4.54. The molecular weight excluding hydrogens is 334 g/mol. The van der Waals surface area contributed by atoms with Gasteiger partial charge in [0.25, 0.3) is 16.0 Å². The summed E-state index contributed by atoms with van der Waals surface area (Å²) in [4.78, 5) is 23.2. The maximum absolute atomic E-state index is 12.2. The van der Waals surface area contributed by atoms with Crippen molar-refractivity contribution in [3.05, 3.63) is 60.2 Å². The molecule has 7 nitrogen and oxygen atoms in total. The first kappa shape index (κ1) is 17.6.